The number of hydrogen-bond donors (Lipinski definition) is 1. The molecule has 0 saturated heterocycles. The molecule has 1 fully saturated rings. The Morgan fingerprint density at radius 1 is 1.36 bits per heavy atom. The van der Waals surface area contributed by atoms with Gasteiger partial charge in [0, 0.05) is 12.2 Å². The largest absolute Gasteiger partial charge is 0.384 e. The summed E-state index contributed by atoms with van der Waals surface area (Å²) in [6.07, 6.45) is 5.10. The highest BCUT2D eigenvalue weighted by molar-refractivity contribution is 5.33. The van der Waals surface area contributed by atoms with Crippen LogP contribution in [0.25, 0.3) is 0 Å². The van der Waals surface area contributed by atoms with E-state index in [4.69, 9.17) is 0 Å². The molecule has 1 aliphatic heterocycles. The van der Waals surface area contributed by atoms with Crippen molar-refractivity contribution in [3.05, 3.63) is 22.9 Å². The van der Waals surface area contributed by atoms with Gasteiger partial charge in [-0.05, 0) is 44.3 Å². The first-order valence-electron chi connectivity index (χ1n) is 4.39. The molecular weight excluding hydrogens is 134 g/mol. The van der Waals surface area contributed by atoms with Gasteiger partial charge in [-0.1, -0.05) is 5.57 Å². The Morgan fingerprint density at radius 3 is 2.64 bits per heavy atom. The molecule has 0 spiro atoms. The molecule has 0 radical (unpaired) electrons. The van der Waals surface area contributed by atoms with Crippen LogP contribution >= 0.6 is 0 Å². The minimum atomic E-state index is 0.873. The number of nitrogens with one attached hydrogen (secondary N) is 1. The fraction of sp³-hybridized carbons (Fsp3) is 0.600. The van der Waals surface area contributed by atoms with Crippen molar-refractivity contribution in [2.75, 3.05) is 6.54 Å². The van der Waals surface area contributed by atoms with Gasteiger partial charge < -0.3 is 5.32 Å². The highest BCUT2D eigenvalue weighted by Crippen LogP contribution is 2.36. The molecule has 1 heterocycles. The smallest absolute Gasteiger partial charge is 0.0360 e. The lowest BCUT2D eigenvalue weighted by Gasteiger charge is -2.17. The average molecular weight is 149 g/mol. The van der Waals surface area contributed by atoms with Crippen molar-refractivity contribution >= 4 is 0 Å². The normalized spacial score (nSPS) is 24.7. The number of rotatable bonds is 1. The summed E-state index contributed by atoms with van der Waals surface area (Å²) in [4.78, 5) is 0. The quantitative estimate of drug-likeness (QED) is 0.602. The van der Waals surface area contributed by atoms with E-state index < -0.39 is 0 Å². The maximum Gasteiger partial charge on any atom is 0.0360 e. The van der Waals surface area contributed by atoms with Crippen molar-refractivity contribution in [3.8, 4) is 0 Å². The van der Waals surface area contributed by atoms with Crippen LogP contribution in [0, 0.1) is 5.92 Å². The van der Waals surface area contributed by atoms with Crippen molar-refractivity contribution < 1.29 is 0 Å². The first-order chi connectivity index (χ1) is 5.27. The van der Waals surface area contributed by atoms with E-state index in [9.17, 15) is 0 Å². The first-order valence-corrected chi connectivity index (χ1v) is 4.39. The van der Waals surface area contributed by atoms with Gasteiger partial charge in [-0.15, -0.1) is 0 Å². The third-order valence-electron chi connectivity index (χ3n) is 2.62. The highest BCUT2D eigenvalue weighted by Gasteiger charge is 2.26. The van der Waals surface area contributed by atoms with Crippen molar-refractivity contribution in [3.63, 3.8) is 0 Å². The molecule has 2 rings (SSSR count). The van der Waals surface area contributed by atoms with Crippen LogP contribution in [-0.2, 0) is 0 Å². The molecule has 11 heavy (non-hydrogen) atoms. The van der Waals surface area contributed by atoms with E-state index in [2.05, 4.69) is 25.2 Å². The summed E-state index contributed by atoms with van der Waals surface area (Å²) in [5, 5.41) is 3.46. The molecule has 0 aromatic heterocycles. The van der Waals surface area contributed by atoms with Gasteiger partial charge in [0.15, 0.2) is 0 Å². The van der Waals surface area contributed by atoms with Gasteiger partial charge in [0.25, 0.3) is 0 Å². The molecule has 0 bridgehead atoms. The summed E-state index contributed by atoms with van der Waals surface area (Å²) in [6, 6.07) is 0. The predicted molar refractivity (Wildman–Crippen MR) is 47.2 cm³/mol. The maximum absolute atomic E-state index is 3.46. The molecule has 60 valence electrons. The second-order valence-corrected chi connectivity index (χ2v) is 3.69. The average Bonchev–Trinajstić information content (AvgIpc) is 2.77. The summed E-state index contributed by atoms with van der Waals surface area (Å²) in [7, 11) is 0. The van der Waals surface area contributed by atoms with E-state index in [-0.39, 0.29) is 0 Å². The molecule has 2 aliphatic rings. The van der Waals surface area contributed by atoms with Crippen LogP contribution in [0.1, 0.15) is 26.7 Å². The lowest BCUT2D eigenvalue weighted by atomic mass is 10.0. The summed E-state index contributed by atoms with van der Waals surface area (Å²) >= 11 is 0. The van der Waals surface area contributed by atoms with Crippen molar-refractivity contribution in [1.82, 2.24) is 5.32 Å². The molecule has 0 atom stereocenters. The second kappa shape index (κ2) is 2.40. The summed E-state index contributed by atoms with van der Waals surface area (Å²) in [5.74, 6) is 0.873. The Balaban J connectivity index is 2.18. The third-order valence-corrected chi connectivity index (χ3v) is 2.62. The zero-order valence-electron chi connectivity index (χ0n) is 7.28. The van der Waals surface area contributed by atoms with Crippen molar-refractivity contribution in [2.24, 2.45) is 5.92 Å². The van der Waals surface area contributed by atoms with Crippen LogP contribution in [-0.4, -0.2) is 6.54 Å². The maximum atomic E-state index is 3.46. The number of allylic oxidation sites excluding steroid dienone is 3. The van der Waals surface area contributed by atoms with Crippen LogP contribution in [0.3, 0.4) is 0 Å². The van der Waals surface area contributed by atoms with Gasteiger partial charge in [0.1, 0.15) is 0 Å². The number of hydrogen-bond acceptors (Lipinski definition) is 1. The van der Waals surface area contributed by atoms with Crippen molar-refractivity contribution in [2.45, 2.75) is 26.7 Å². The fourth-order valence-electron chi connectivity index (χ4n) is 1.44. The molecule has 1 heteroatoms. The Hall–Kier alpha value is -0.720. The van der Waals surface area contributed by atoms with E-state index in [0.29, 0.717) is 0 Å². The van der Waals surface area contributed by atoms with Crippen LogP contribution < -0.4 is 5.32 Å². The zero-order valence-corrected chi connectivity index (χ0v) is 7.28. The standard InChI is InChI=1S/C10H15N/c1-7-5-10(9-3-4-9)11-6-8(7)2/h5,9,11H,3-4,6H2,1-2H3. The van der Waals surface area contributed by atoms with Gasteiger partial charge in [-0.25, -0.2) is 0 Å². The van der Waals surface area contributed by atoms with Crippen LogP contribution in [0.2, 0.25) is 0 Å². The molecule has 0 amide bonds. The molecule has 1 N–H and O–H groups in total. The zero-order chi connectivity index (χ0) is 7.84. The fourth-order valence-corrected chi connectivity index (χ4v) is 1.44. The predicted octanol–water partition coefficient (Wildman–Crippen LogP) is 2.22. The lowest BCUT2D eigenvalue weighted by Crippen LogP contribution is -2.21. The lowest BCUT2D eigenvalue weighted by molar-refractivity contribution is 0.761. The molecule has 0 unspecified atom stereocenters. The van der Waals surface area contributed by atoms with Crippen LogP contribution in [0.15, 0.2) is 22.9 Å². The Morgan fingerprint density at radius 2 is 2.09 bits per heavy atom. The Bertz CT molecular complexity index is 231. The summed E-state index contributed by atoms with van der Waals surface area (Å²) in [6.45, 7) is 5.47. The van der Waals surface area contributed by atoms with Gasteiger partial charge >= 0.3 is 0 Å². The van der Waals surface area contributed by atoms with Crippen molar-refractivity contribution in [1.29, 1.82) is 0 Å². The Kier molecular flexibility index (Phi) is 1.52. The molecule has 0 aromatic rings. The Labute approximate surface area is 68.2 Å². The minimum absolute atomic E-state index is 0.873. The summed E-state index contributed by atoms with van der Waals surface area (Å²) < 4.78 is 0. The topological polar surface area (TPSA) is 12.0 Å². The van der Waals surface area contributed by atoms with Gasteiger partial charge in [0.2, 0.25) is 0 Å². The molecular formula is C10H15N. The van der Waals surface area contributed by atoms with E-state index >= 15 is 0 Å². The highest BCUT2D eigenvalue weighted by atomic mass is 14.9. The van der Waals surface area contributed by atoms with Gasteiger partial charge in [-0.2, -0.15) is 0 Å². The summed E-state index contributed by atoms with van der Waals surface area (Å²) in [5.41, 5.74) is 4.42. The van der Waals surface area contributed by atoms with Gasteiger partial charge in [-0.3, -0.25) is 0 Å². The second-order valence-electron chi connectivity index (χ2n) is 3.69. The van der Waals surface area contributed by atoms with E-state index in [0.717, 1.165) is 12.5 Å². The molecule has 1 nitrogen and oxygen atoms in total. The minimum Gasteiger partial charge on any atom is -0.384 e. The molecule has 1 saturated carbocycles. The van der Waals surface area contributed by atoms with Crippen LogP contribution in [0.4, 0.5) is 0 Å². The molecule has 0 aromatic carbocycles. The van der Waals surface area contributed by atoms with Crippen LogP contribution in [0.5, 0.6) is 0 Å². The third kappa shape index (κ3) is 1.32. The van der Waals surface area contributed by atoms with E-state index in [1.54, 1.807) is 0 Å². The monoisotopic (exact) mass is 149 g/mol. The first kappa shape index (κ1) is 6.96. The molecule has 1 aliphatic carbocycles. The number of dihydropyridines is 1. The van der Waals surface area contributed by atoms with Gasteiger partial charge in [0.05, 0.1) is 0 Å². The van der Waals surface area contributed by atoms with E-state index in [1.165, 1.54) is 29.7 Å². The SMILES string of the molecule is CC1=C(C)CNC(C2CC2)=C1. The van der Waals surface area contributed by atoms with E-state index in [1.807, 2.05) is 0 Å².